The van der Waals surface area contributed by atoms with Crippen molar-refractivity contribution in [2.75, 3.05) is 19.0 Å². The van der Waals surface area contributed by atoms with E-state index in [4.69, 9.17) is 9.15 Å². The molecule has 0 unspecified atom stereocenters. The summed E-state index contributed by atoms with van der Waals surface area (Å²) in [6, 6.07) is 19.2. The molecule has 1 amide bonds. The molecule has 8 nitrogen and oxygen atoms in total. The number of nitrogens with zero attached hydrogens (tertiary/aromatic N) is 3. The van der Waals surface area contributed by atoms with Crippen LogP contribution in [0.5, 0.6) is 5.95 Å². The number of rotatable bonds is 6. The van der Waals surface area contributed by atoms with Crippen LogP contribution in [0.25, 0.3) is 22.5 Å². The predicted octanol–water partition coefficient (Wildman–Crippen LogP) is 5.49. The molecule has 0 aliphatic heterocycles. The van der Waals surface area contributed by atoms with Crippen LogP contribution in [0.4, 0.5) is 10.5 Å². The number of carbonyl (C=O) groups is 1. The van der Waals surface area contributed by atoms with Crippen LogP contribution >= 0.6 is 0 Å². The van der Waals surface area contributed by atoms with Gasteiger partial charge in [0.15, 0.2) is 0 Å². The van der Waals surface area contributed by atoms with Gasteiger partial charge in [0.05, 0.1) is 5.71 Å². The second-order valence-electron chi connectivity index (χ2n) is 8.77. The minimum absolute atomic E-state index is 0.0929. The van der Waals surface area contributed by atoms with Gasteiger partial charge in [-0.3, -0.25) is 4.98 Å². The molecule has 2 N–H and O–H groups in total. The second-order valence-corrected chi connectivity index (χ2v) is 8.77. The Kier molecular flexibility index (Phi) is 6.40. The normalized spacial score (nSPS) is 13.4. The van der Waals surface area contributed by atoms with Crippen molar-refractivity contribution >= 4 is 17.5 Å². The van der Waals surface area contributed by atoms with Crippen LogP contribution in [0.1, 0.15) is 23.1 Å². The summed E-state index contributed by atoms with van der Waals surface area (Å²) in [6.07, 6.45) is 4.28. The first-order valence-electron chi connectivity index (χ1n) is 11.6. The average molecular weight is 483 g/mol. The number of anilines is 1. The van der Waals surface area contributed by atoms with Crippen molar-refractivity contribution in [3.8, 4) is 28.4 Å². The first kappa shape index (κ1) is 23.2. The largest absolute Gasteiger partial charge is 0.425 e. The number of hydrogen-bond donors (Lipinski definition) is 2. The minimum atomic E-state index is -0.606. The molecule has 0 spiro atoms. The molecular formula is C28H26N4O4. The highest BCUT2D eigenvalue weighted by Gasteiger charge is 2.22. The lowest BCUT2D eigenvalue weighted by Gasteiger charge is -2.12. The Balaban J connectivity index is 1.37. The quantitative estimate of drug-likeness (QED) is 0.279. The standard InChI is InChI=1S/C28H26N4O4/c1-32(2)22-7-3-18(4-8-22)17-30-28(33)36-26-16-24(19-11-13-29-14-12-19)27(35-26)21-5-9-23-20(15-21)6-10-25(23)31-34/h3-5,7-9,11-16,34H,6,10,17H2,1-2H3,(H,30,33). The second kappa shape index (κ2) is 9.95. The molecule has 0 saturated carbocycles. The van der Waals surface area contributed by atoms with E-state index in [2.05, 4.69) is 15.5 Å². The molecule has 8 heteroatoms. The zero-order valence-electron chi connectivity index (χ0n) is 20.1. The number of aromatic nitrogens is 1. The zero-order chi connectivity index (χ0) is 25.1. The van der Waals surface area contributed by atoms with E-state index in [0.717, 1.165) is 45.5 Å². The number of nitrogens with one attached hydrogen (secondary N) is 1. The van der Waals surface area contributed by atoms with Crippen LogP contribution < -0.4 is 15.0 Å². The fraction of sp³-hybridized carbons (Fsp3) is 0.179. The third-order valence-electron chi connectivity index (χ3n) is 6.21. The summed E-state index contributed by atoms with van der Waals surface area (Å²) in [5, 5.41) is 15.4. The van der Waals surface area contributed by atoms with Crippen molar-refractivity contribution in [2.24, 2.45) is 5.16 Å². The Morgan fingerprint density at radius 2 is 1.81 bits per heavy atom. The predicted molar refractivity (Wildman–Crippen MR) is 138 cm³/mol. The molecule has 2 aromatic carbocycles. The lowest BCUT2D eigenvalue weighted by Crippen LogP contribution is -2.26. The molecule has 0 fully saturated rings. The van der Waals surface area contributed by atoms with Gasteiger partial charge in [0.25, 0.3) is 5.95 Å². The van der Waals surface area contributed by atoms with Gasteiger partial charge >= 0.3 is 6.09 Å². The molecule has 0 atom stereocenters. The minimum Gasteiger partial charge on any atom is -0.425 e. The van der Waals surface area contributed by atoms with Crippen molar-refractivity contribution in [3.05, 3.63) is 89.7 Å². The molecule has 2 aromatic heterocycles. The highest BCUT2D eigenvalue weighted by molar-refractivity contribution is 6.04. The van der Waals surface area contributed by atoms with Crippen molar-refractivity contribution in [2.45, 2.75) is 19.4 Å². The van der Waals surface area contributed by atoms with Crippen molar-refractivity contribution < 1.29 is 19.2 Å². The van der Waals surface area contributed by atoms with Crippen molar-refractivity contribution in [1.82, 2.24) is 10.3 Å². The van der Waals surface area contributed by atoms with Crippen LogP contribution in [0.2, 0.25) is 0 Å². The Labute approximate surface area is 208 Å². The van der Waals surface area contributed by atoms with Gasteiger partial charge in [0, 0.05) is 61.5 Å². The summed E-state index contributed by atoms with van der Waals surface area (Å²) in [7, 11) is 3.96. The molecule has 0 radical (unpaired) electrons. The van der Waals surface area contributed by atoms with E-state index in [0.29, 0.717) is 24.4 Å². The molecule has 1 aliphatic carbocycles. The number of amides is 1. The number of ether oxygens (including phenoxy) is 1. The third-order valence-corrected chi connectivity index (χ3v) is 6.21. The van der Waals surface area contributed by atoms with E-state index >= 15 is 0 Å². The van der Waals surface area contributed by atoms with E-state index in [9.17, 15) is 10.0 Å². The van der Waals surface area contributed by atoms with Gasteiger partial charge in [-0.25, -0.2) is 4.79 Å². The zero-order valence-corrected chi connectivity index (χ0v) is 20.1. The van der Waals surface area contributed by atoms with Crippen LogP contribution in [0, 0.1) is 0 Å². The van der Waals surface area contributed by atoms with Gasteiger partial charge in [-0.2, -0.15) is 0 Å². The van der Waals surface area contributed by atoms with Gasteiger partial charge in [-0.1, -0.05) is 29.4 Å². The van der Waals surface area contributed by atoms with E-state index < -0.39 is 6.09 Å². The van der Waals surface area contributed by atoms with Gasteiger partial charge in [-0.15, -0.1) is 0 Å². The van der Waals surface area contributed by atoms with Crippen LogP contribution in [0.15, 0.2) is 82.6 Å². The maximum absolute atomic E-state index is 12.5. The number of pyridine rings is 1. The number of furan rings is 1. The van der Waals surface area contributed by atoms with Crippen molar-refractivity contribution in [3.63, 3.8) is 0 Å². The highest BCUT2D eigenvalue weighted by Crippen LogP contribution is 2.39. The number of carbonyl (C=O) groups excluding carboxylic acids is 1. The lowest BCUT2D eigenvalue weighted by atomic mass is 10.00. The number of oxime groups is 1. The van der Waals surface area contributed by atoms with Gasteiger partial charge in [0.2, 0.25) is 0 Å². The summed E-state index contributed by atoms with van der Waals surface area (Å²) in [4.78, 5) is 18.6. The monoisotopic (exact) mass is 482 g/mol. The van der Waals surface area contributed by atoms with Gasteiger partial charge < -0.3 is 24.6 Å². The fourth-order valence-corrected chi connectivity index (χ4v) is 4.31. The topological polar surface area (TPSA) is 100 Å². The maximum atomic E-state index is 12.5. The number of aryl methyl sites for hydroxylation is 1. The Hall–Kier alpha value is -4.59. The molecule has 4 aromatic rings. The van der Waals surface area contributed by atoms with E-state index in [1.54, 1.807) is 18.5 Å². The van der Waals surface area contributed by atoms with Gasteiger partial charge in [0.1, 0.15) is 5.76 Å². The molecule has 0 saturated heterocycles. The first-order chi connectivity index (χ1) is 17.5. The molecular weight excluding hydrogens is 456 g/mol. The molecule has 5 rings (SSSR count). The highest BCUT2D eigenvalue weighted by atomic mass is 16.6. The number of hydrogen-bond acceptors (Lipinski definition) is 7. The summed E-state index contributed by atoms with van der Waals surface area (Å²) >= 11 is 0. The number of fused-ring (bicyclic) bond motifs is 1. The Morgan fingerprint density at radius 3 is 2.53 bits per heavy atom. The van der Waals surface area contributed by atoms with Crippen LogP contribution in [-0.4, -0.2) is 36.1 Å². The molecule has 36 heavy (non-hydrogen) atoms. The summed E-state index contributed by atoms with van der Waals surface area (Å²) < 4.78 is 11.5. The van der Waals surface area contributed by atoms with Crippen LogP contribution in [-0.2, 0) is 13.0 Å². The number of benzene rings is 2. The lowest BCUT2D eigenvalue weighted by molar-refractivity contribution is 0.187. The van der Waals surface area contributed by atoms with Gasteiger partial charge in [-0.05, 0) is 59.9 Å². The summed E-state index contributed by atoms with van der Waals surface area (Å²) in [5.74, 6) is 0.677. The van der Waals surface area contributed by atoms with Crippen LogP contribution in [0.3, 0.4) is 0 Å². The van der Waals surface area contributed by atoms with E-state index in [-0.39, 0.29) is 5.95 Å². The Bertz CT molecular complexity index is 1410. The molecule has 182 valence electrons. The molecule has 2 heterocycles. The average Bonchev–Trinajstić information content (AvgIpc) is 3.51. The summed E-state index contributed by atoms with van der Waals surface area (Å²) in [6.45, 7) is 0.330. The SMILES string of the molecule is CN(C)c1ccc(CNC(=O)Oc2cc(-c3ccncc3)c(-c3ccc4c(c3)CCC4=NO)o2)cc1. The smallest absolute Gasteiger partial charge is 0.415 e. The summed E-state index contributed by atoms with van der Waals surface area (Å²) in [5.41, 5.74) is 7.26. The molecule has 0 bridgehead atoms. The van der Waals surface area contributed by atoms with E-state index in [1.807, 2.05) is 73.6 Å². The van der Waals surface area contributed by atoms with E-state index in [1.165, 1.54) is 0 Å². The third kappa shape index (κ3) is 4.79. The van der Waals surface area contributed by atoms with Crippen molar-refractivity contribution in [1.29, 1.82) is 0 Å². The maximum Gasteiger partial charge on any atom is 0.415 e. The Morgan fingerprint density at radius 1 is 1.03 bits per heavy atom. The first-order valence-corrected chi connectivity index (χ1v) is 11.6. The fourth-order valence-electron chi connectivity index (χ4n) is 4.31. The molecule has 1 aliphatic rings.